The number of carbonyl (C=O) groups is 2. The molecule has 0 radical (unpaired) electrons. The molecule has 178 valence electrons. The molecule has 5 nitrogen and oxygen atoms in total. The minimum Gasteiger partial charge on any atom is -0.497 e. The van der Waals surface area contributed by atoms with Gasteiger partial charge in [-0.2, -0.15) is 0 Å². The SMILES string of the molecule is COc1ccc(CN(C(=O)CC(c2ccccc2)c2ccccc2)[C@H](C)C(=O)NC(C)C)cc1. The monoisotopic (exact) mass is 458 g/mol. The molecule has 0 aromatic heterocycles. The van der Waals surface area contributed by atoms with Gasteiger partial charge in [-0.15, -0.1) is 0 Å². The summed E-state index contributed by atoms with van der Waals surface area (Å²) in [4.78, 5) is 28.4. The van der Waals surface area contributed by atoms with E-state index in [1.807, 2.05) is 98.8 Å². The van der Waals surface area contributed by atoms with Gasteiger partial charge in [0.05, 0.1) is 7.11 Å². The van der Waals surface area contributed by atoms with Crippen LogP contribution in [-0.2, 0) is 16.1 Å². The number of methoxy groups -OCH3 is 1. The maximum Gasteiger partial charge on any atom is 0.242 e. The van der Waals surface area contributed by atoms with E-state index in [-0.39, 0.29) is 30.2 Å². The van der Waals surface area contributed by atoms with Gasteiger partial charge in [0.25, 0.3) is 0 Å². The molecule has 0 saturated carbocycles. The van der Waals surface area contributed by atoms with Gasteiger partial charge in [-0.05, 0) is 49.6 Å². The summed E-state index contributed by atoms with van der Waals surface area (Å²) >= 11 is 0. The summed E-state index contributed by atoms with van der Waals surface area (Å²) in [5.41, 5.74) is 3.09. The molecule has 0 aliphatic heterocycles. The van der Waals surface area contributed by atoms with Crippen molar-refractivity contribution in [3.05, 3.63) is 102 Å². The average Bonchev–Trinajstić information content (AvgIpc) is 2.86. The number of rotatable bonds is 10. The van der Waals surface area contributed by atoms with Crippen LogP contribution in [0.3, 0.4) is 0 Å². The van der Waals surface area contributed by atoms with Crippen LogP contribution in [0.5, 0.6) is 5.75 Å². The predicted molar refractivity (Wildman–Crippen MR) is 136 cm³/mol. The predicted octanol–water partition coefficient (Wildman–Crippen LogP) is 5.16. The maximum absolute atomic E-state index is 13.8. The summed E-state index contributed by atoms with van der Waals surface area (Å²) < 4.78 is 5.26. The Bertz CT molecular complexity index is 1010. The van der Waals surface area contributed by atoms with Crippen LogP contribution in [0, 0.1) is 0 Å². The van der Waals surface area contributed by atoms with E-state index in [4.69, 9.17) is 4.74 Å². The van der Waals surface area contributed by atoms with E-state index in [2.05, 4.69) is 5.32 Å². The molecule has 0 aliphatic rings. The first-order valence-electron chi connectivity index (χ1n) is 11.7. The normalized spacial score (nSPS) is 11.8. The second kappa shape index (κ2) is 12.0. The number of ether oxygens (including phenoxy) is 1. The van der Waals surface area contributed by atoms with Crippen molar-refractivity contribution in [2.75, 3.05) is 7.11 Å². The smallest absolute Gasteiger partial charge is 0.242 e. The van der Waals surface area contributed by atoms with E-state index in [1.165, 1.54) is 0 Å². The molecular formula is C29H34N2O3. The number of amides is 2. The van der Waals surface area contributed by atoms with E-state index < -0.39 is 6.04 Å². The van der Waals surface area contributed by atoms with Crippen molar-refractivity contribution in [3.8, 4) is 5.75 Å². The van der Waals surface area contributed by atoms with Crippen LogP contribution < -0.4 is 10.1 Å². The number of carbonyl (C=O) groups excluding carboxylic acids is 2. The van der Waals surface area contributed by atoms with Crippen molar-refractivity contribution < 1.29 is 14.3 Å². The lowest BCUT2D eigenvalue weighted by atomic mass is 9.88. The van der Waals surface area contributed by atoms with E-state index in [9.17, 15) is 9.59 Å². The lowest BCUT2D eigenvalue weighted by Gasteiger charge is -2.31. The molecule has 0 aliphatic carbocycles. The quantitative estimate of drug-likeness (QED) is 0.457. The van der Waals surface area contributed by atoms with Crippen molar-refractivity contribution in [1.29, 1.82) is 0 Å². The molecule has 1 N–H and O–H groups in total. The molecule has 3 aromatic carbocycles. The average molecular weight is 459 g/mol. The summed E-state index contributed by atoms with van der Waals surface area (Å²) in [6.45, 7) is 5.97. The highest BCUT2D eigenvalue weighted by Crippen LogP contribution is 2.29. The Morgan fingerprint density at radius 3 is 1.82 bits per heavy atom. The summed E-state index contributed by atoms with van der Waals surface area (Å²) in [6, 6.07) is 27.1. The second-order valence-corrected chi connectivity index (χ2v) is 8.79. The number of hydrogen-bond acceptors (Lipinski definition) is 3. The van der Waals surface area contributed by atoms with Crippen molar-refractivity contribution in [1.82, 2.24) is 10.2 Å². The van der Waals surface area contributed by atoms with Crippen molar-refractivity contribution >= 4 is 11.8 Å². The molecule has 3 rings (SSSR count). The number of benzene rings is 3. The van der Waals surface area contributed by atoms with Gasteiger partial charge >= 0.3 is 0 Å². The molecule has 1 atom stereocenters. The largest absolute Gasteiger partial charge is 0.497 e. The van der Waals surface area contributed by atoms with Gasteiger partial charge in [-0.3, -0.25) is 9.59 Å². The third-order valence-corrected chi connectivity index (χ3v) is 5.89. The lowest BCUT2D eigenvalue weighted by Crippen LogP contribution is -2.49. The van der Waals surface area contributed by atoms with Crippen LogP contribution in [0.15, 0.2) is 84.9 Å². The molecule has 5 heteroatoms. The van der Waals surface area contributed by atoms with E-state index in [0.717, 1.165) is 22.4 Å². The minimum atomic E-state index is -0.607. The standard InChI is InChI=1S/C29H34N2O3/c1-21(2)30-29(33)22(3)31(20-23-15-17-26(34-4)18-16-23)28(32)19-27(24-11-7-5-8-12-24)25-13-9-6-10-14-25/h5-18,21-22,27H,19-20H2,1-4H3,(H,30,33)/t22-/m1/s1. The van der Waals surface area contributed by atoms with E-state index in [0.29, 0.717) is 6.54 Å². The first kappa shape index (κ1) is 25.0. The van der Waals surface area contributed by atoms with Gasteiger partial charge < -0.3 is 15.0 Å². The molecule has 0 spiro atoms. The fourth-order valence-corrected chi connectivity index (χ4v) is 4.01. The van der Waals surface area contributed by atoms with Crippen LogP contribution in [0.1, 0.15) is 49.8 Å². The molecule has 0 saturated heterocycles. The van der Waals surface area contributed by atoms with Gasteiger partial charge in [-0.1, -0.05) is 72.8 Å². The third-order valence-electron chi connectivity index (χ3n) is 5.89. The summed E-state index contributed by atoms with van der Waals surface area (Å²) in [5, 5.41) is 2.95. The Kier molecular flexibility index (Phi) is 8.86. The molecule has 0 heterocycles. The minimum absolute atomic E-state index is 0.00530. The van der Waals surface area contributed by atoms with E-state index >= 15 is 0 Å². The third kappa shape index (κ3) is 6.70. The Labute approximate surface area is 202 Å². The Morgan fingerprint density at radius 1 is 0.824 bits per heavy atom. The molecule has 2 amide bonds. The summed E-state index contributed by atoms with van der Waals surface area (Å²) in [6.07, 6.45) is 0.267. The number of nitrogens with one attached hydrogen (secondary N) is 1. The van der Waals surface area contributed by atoms with Gasteiger partial charge in [0.15, 0.2) is 0 Å². The molecular weight excluding hydrogens is 424 g/mol. The van der Waals surface area contributed by atoms with Crippen LogP contribution in [-0.4, -0.2) is 35.9 Å². The molecule has 0 unspecified atom stereocenters. The van der Waals surface area contributed by atoms with Gasteiger partial charge in [0, 0.05) is 24.9 Å². The zero-order valence-electron chi connectivity index (χ0n) is 20.4. The number of hydrogen-bond donors (Lipinski definition) is 1. The lowest BCUT2D eigenvalue weighted by molar-refractivity contribution is -0.141. The van der Waals surface area contributed by atoms with Crippen LogP contribution >= 0.6 is 0 Å². The number of nitrogens with zero attached hydrogens (tertiary/aromatic N) is 1. The van der Waals surface area contributed by atoms with Crippen LogP contribution in [0.25, 0.3) is 0 Å². The van der Waals surface area contributed by atoms with Crippen molar-refractivity contribution in [2.45, 2.75) is 51.7 Å². The zero-order valence-corrected chi connectivity index (χ0v) is 20.4. The summed E-state index contributed by atoms with van der Waals surface area (Å²) in [5.74, 6) is 0.418. The molecule has 0 fully saturated rings. The van der Waals surface area contributed by atoms with Gasteiger partial charge in [0.1, 0.15) is 11.8 Å². The molecule has 34 heavy (non-hydrogen) atoms. The fraction of sp³-hybridized carbons (Fsp3) is 0.310. The van der Waals surface area contributed by atoms with Crippen molar-refractivity contribution in [3.63, 3.8) is 0 Å². The fourth-order valence-electron chi connectivity index (χ4n) is 4.01. The van der Waals surface area contributed by atoms with Crippen LogP contribution in [0.2, 0.25) is 0 Å². The molecule has 3 aromatic rings. The zero-order chi connectivity index (χ0) is 24.5. The highest BCUT2D eigenvalue weighted by atomic mass is 16.5. The van der Waals surface area contributed by atoms with Gasteiger partial charge in [0.2, 0.25) is 11.8 Å². The Morgan fingerprint density at radius 2 is 1.35 bits per heavy atom. The first-order chi connectivity index (χ1) is 16.4. The Hall–Kier alpha value is -3.60. The highest BCUT2D eigenvalue weighted by Gasteiger charge is 2.29. The topological polar surface area (TPSA) is 58.6 Å². The van der Waals surface area contributed by atoms with Gasteiger partial charge in [-0.25, -0.2) is 0 Å². The summed E-state index contributed by atoms with van der Waals surface area (Å²) in [7, 11) is 1.62. The second-order valence-electron chi connectivity index (χ2n) is 8.79. The Balaban J connectivity index is 1.90. The first-order valence-corrected chi connectivity index (χ1v) is 11.7. The van der Waals surface area contributed by atoms with Crippen LogP contribution in [0.4, 0.5) is 0 Å². The molecule has 0 bridgehead atoms. The van der Waals surface area contributed by atoms with E-state index in [1.54, 1.807) is 18.9 Å². The van der Waals surface area contributed by atoms with Crippen molar-refractivity contribution in [2.24, 2.45) is 0 Å². The highest BCUT2D eigenvalue weighted by molar-refractivity contribution is 5.88. The maximum atomic E-state index is 13.8.